The Balaban J connectivity index is 2.06. The number of benzene rings is 1. The summed E-state index contributed by atoms with van der Waals surface area (Å²) in [6.45, 7) is 5.84. The summed E-state index contributed by atoms with van der Waals surface area (Å²) < 4.78 is 0. The van der Waals surface area contributed by atoms with Crippen molar-refractivity contribution in [1.29, 1.82) is 0 Å². The summed E-state index contributed by atoms with van der Waals surface area (Å²) >= 11 is 0. The molecule has 2 N–H and O–H groups in total. The molecule has 6 heteroatoms. The number of rotatable bonds is 6. The fraction of sp³-hybridized carbons (Fsp3) is 0.357. The summed E-state index contributed by atoms with van der Waals surface area (Å²) in [6, 6.07) is 8.81. The molecule has 2 aromatic rings. The maximum absolute atomic E-state index is 10.7. The van der Waals surface area contributed by atoms with E-state index in [-0.39, 0.29) is 5.69 Å². The van der Waals surface area contributed by atoms with E-state index in [0.717, 1.165) is 29.8 Å². The van der Waals surface area contributed by atoms with Crippen molar-refractivity contribution < 1.29 is 4.92 Å². The fourth-order valence-electron chi connectivity index (χ4n) is 1.88. The quantitative estimate of drug-likeness (QED) is 0.480. The molecule has 6 nitrogen and oxygen atoms in total. The van der Waals surface area contributed by atoms with Crippen molar-refractivity contribution in [3.05, 3.63) is 40.4 Å². The molecule has 2 rings (SSSR count). The summed E-state index contributed by atoms with van der Waals surface area (Å²) in [6.07, 6.45) is 0. The van der Waals surface area contributed by atoms with Crippen LogP contribution in [0.15, 0.2) is 30.3 Å². The van der Waals surface area contributed by atoms with E-state index in [2.05, 4.69) is 29.5 Å². The lowest BCUT2D eigenvalue weighted by atomic mass is 10.2. The van der Waals surface area contributed by atoms with Crippen LogP contribution in [0.5, 0.6) is 0 Å². The lowest BCUT2D eigenvalue weighted by Gasteiger charge is -2.09. The zero-order valence-electron chi connectivity index (χ0n) is 11.6. The van der Waals surface area contributed by atoms with Crippen molar-refractivity contribution in [2.45, 2.75) is 19.9 Å². The number of nitrogens with one attached hydrogen (secondary N) is 2. The summed E-state index contributed by atoms with van der Waals surface area (Å²) in [5.41, 5.74) is 0.832. The molecule has 0 fully saturated rings. The summed E-state index contributed by atoms with van der Waals surface area (Å²) in [4.78, 5) is 14.7. The van der Waals surface area contributed by atoms with E-state index in [1.165, 1.54) is 12.1 Å². The first kappa shape index (κ1) is 14.2. The van der Waals surface area contributed by atoms with Gasteiger partial charge >= 0.3 is 0 Å². The minimum atomic E-state index is -0.400. The zero-order chi connectivity index (χ0) is 14.5. The first-order valence-corrected chi connectivity index (χ1v) is 6.59. The molecule has 0 spiro atoms. The van der Waals surface area contributed by atoms with Gasteiger partial charge in [-0.2, -0.15) is 0 Å². The number of nitro benzene ring substituents is 1. The highest BCUT2D eigenvalue weighted by Crippen LogP contribution is 2.20. The van der Waals surface area contributed by atoms with Crippen LogP contribution in [0, 0.1) is 10.1 Å². The lowest BCUT2D eigenvalue weighted by molar-refractivity contribution is -0.384. The van der Waals surface area contributed by atoms with Gasteiger partial charge in [-0.1, -0.05) is 13.8 Å². The number of non-ortho nitro benzene ring substituents is 1. The highest BCUT2D eigenvalue weighted by molar-refractivity contribution is 5.82. The standard InChI is InChI=1S/C14H18N4O2/c1-10(2)15-7-8-16-14-6-3-11-9-12(18(19)20)4-5-13(11)17-14/h3-6,9-10,15H,7-8H2,1-2H3,(H,16,17). The Bertz CT molecular complexity index is 613. The van der Waals surface area contributed by atoms with Crippen molar-refractivity contribution in [2.75, 3.05) is 18.4 Å². The highest BCUT2D eigenvalue weighted by Gasteiger charge is 2.06. The Morgan fingerprint density at radius 1 is 1.25 bits per heavy atom. The van der Waals surface area contributed by atoms with Crippen LogP contribution in [0.3, 0.4) is 0 Å². The molecule has 1 heterocycles. The molecule has 0 radical (unpaired) electrons. The molecule has 1 aromatic carbocycles. The van der Waals surface area contributed by atoms with Gasteiger partial charge in [-0.25, -0.2) is 4.98 Å². The van der Waals surface area contributed by atoms with Gasteiger partial charge in [-0.3, -0.25) is 10.1 Å². The Morgan fingerprint density at radius 2 is 2.05 bits per heavy atom. The van der Waals surface area contributed by atoms with E-state index < -0.39 is 4.92 Å². The minimum Gasteiger partial charge on any atom is -0.369 e. The second-order valence-corrected chi connectivity index (χ2v) is 4.87. The van der Waals surface area contributed by atoms with Crippen LogP contribution in [0.1, 0.15) is 13.8 Å². The number of aromatic nitrogens is 1. The van der Waals surface area contributed by atoms with Gasteiger partial charge in [0.2, 0.25) is 0 Å². The second-order valence-electron chi connectivity index (χ2n) is 4.87. The molecule has 0 aliphatic carbocycles. The van der Waals surface area contributed by atoms with Crippen LogP contribution in [0.2, 0.25) is 0 Å². The molecule has 0 amide bonds. The third-order valence-corrected chi connectivity index (χ3v) is 2.87. The van der Waals surface area contributed by atoms with Crippen molar-refractivity contribution in [2.24, 2.45) is 0 Å². The van der Waals surface area contributed by atoms with Crippen LogP contribution >= 0.6 is 0 Å². The minimum absolute atomic E-state index is 0.0844. The Kier molecular flexibility index (Phi) is 4.47. The summed E-state index contributed by atoms with van der Waals surface area (Å²) in [7, 11) is 0. The molecule has 0 bridgehead atoms. The maximum atomic E-state index is 10.7. The fourth-order valence-corrected chi connectivity index (χ4v) is 1.88. The zero-order valence-corrected chi connectivity index (χ0v) is 11.6. The molecule has 20 heavy (non-hydrogen) atoms. The van der Waals surface area contributed by atoms with Crippen LogP contribution in [0.4, 0.5) is 11.5 Å². The average molecular weight is 274 g/mol. The van der Waals surface area contributed by atoms with Crippen molar-refractivity contribution in [1.82, 2.24) is 10.3 Å². The van der Waals surface area contributed by atoms with Crippen LogP contribution in [-0.2, 0) is 0 Å². The normalized spacial score (nSPS) is 10.9. The molecule has 0 aliphatic heterocycles. The molecule has 106 valence electrons. The lowest BCUT2D eigenvalue weighted by Crippen LogP contribution is -2.28. The number of fused-ring (bicyclic) bond motifs is 1. The van der Waals surface area contributed by atoms with Gasteiger partial charge in [-0.05, 0) is 18.2 Å². The van der Waals surface area contributed by atoms with Gasteiger partial charge in [0.1, 0.15) is 5.82 Å². The van der Waals surface area contributed by atoms with Crippen molar-refractivity contribution in [3.63, 3.8) is 0 Å². The summed E-state index contributed by atoms with van der Waals surface area (Å²) in [5, 5.41) is 18.0. The molecule has 0 aliphatic rings. The van der Waals surface area contributed by atoms with E-state index >= 15 is 0 Å². The van der Waals surface area contributed by atoms with E-state index in [0.29, 0.717) is 6.04 Å². The van der Waals surface area contributed by atoms with Gasteiger partial charge in [0.05, 0.1) is 10.4 Å². The molecule has 0 saturated heterocycles. The predicted molar refractivity (Wildman–Crippen MR) is 80.0 cm³/mol. The Labute approximate surface area is 117 Å². The SMILES string of the molecule is CC(C)NCCNc1ccc2cc([N+](=O)[O-])ccc2n1. The largest absolute Gasteiger partial charge is 0.369 e. The molecule has 0 atom stereocenters. The van der Waals surface area contributed by atoms with Gasteiger partial charge in [-0.15, -0.1) is 0 Å². The number of anilines is 1. The predicted octanol–water partition coefficient (Wildman–Crippen LogP) is 2.55. The van der Waals surface area contributed by atoms with Crippen LogP contribution < -0.4 is 10.6 Å². The van der Waals surface area contributed by atoms with Crippen LogP contribution in [-0.4, -0.2) is 29.0 Å². The van der Waals surface area contributed by atoms with Gasteiger partial charge < -0.3 is 10.6 Å². The topological polar surface area (TPSA) is 80.1 Å². The van der Waals surface area contributed by atoms with E-state index in [1.54, 1.807) is 6.07 Å². The van der Waals surface area contributed by atoms with E-state index in [9.17, 15) is 10.1 Å². The van der Waals surface area contributed by atoms with Gasteiger partial charge in [0.25, 0.3) is 5.69 Å². The highest BCUT2D eigenvalue weighted by atomic mass is 16.6. The third kappa shape index (κ3) is 3.64. The first-order chi connectivity index (χ1) is 9.56. The van der Waals surface area contributed by atoms with Crippen molar-refractivity contribution >= 4 is 22.4 Å². The molecule has 1 aromatic heterocycles. The number of nitrogens with zero attached hydrogens (tertiary/aromatic N) is 2. The molecule has 0 unspecified atom stereocenters. The monoisotopic (exact) mass is 274 g/mol. The summed E-state index contributed by atoms with van der Waals surface area (Å²) in [5.74, 6) is 0.775. The van der Waals surface area contributed by atoms with E-state index in [1.807, 2.05) is 12.1 Å². The number of pyridine rings is 1. The van der Waals surface area contributed by atoms with Crippen LogP contribution in [0.25, 0.3) is 10.9 Å². The second kappa shape index (κ2) is 6.29. The molecular weight excluding hydrogens is 256 g/mol. The number of hydrogen-bond acceptors (Lipinski definition) is 5. The Hall–Kier alpha value is -2.21. The smallest absolute Gasteiger partial charge is 0.270 e. The average Bonchev–Trinajstić information content (AvgIpc) is 2.42. The molecule has 0 saturated carbocycles. The van der Waals surface area contributed by atoms with Crippen molar-refractivity contribution in [3.8, 4) is 0 Å². The third-order valence-electron chi connectivity index (χ3n) is 2.87. The van der Waals surface area contributed by atoms with Gasteiger partial charge in [0, 0.05) is 36.7 Å². The number of nitro groups is 1. The first-order valence-electron chi connectivity index (χ1n) is 6.59. The van der Waals surface area contributed by atoms with Gasteiger partial charge in [0.15, 0.2) is 0 Å². The maximum Gasteiger partial charge on any atom is 0.270 e. The van der Waals surface area contributed by atoms with E-state index in [4.69, 9.17) is 0 Å². The Morgan fingerprint density at radius 3 is 2.75 bits per heavy atom. The number of hydrogen-bond donors (Lipinski definition) is 2. The molecular formula is C14H18N4O2.